The summed E-state index contributed by atoms with van der Waals surface area (Å²) in [5.41, 5.74) is 2.67. The molecule has 6 rings (SSSR count). The van der Waals surface area contributed by atoms with E-state index in [4.69, 9.17) is 35.5 Å². The number of ether oxygens (including phenoxy) is 4. The van der Waals surface area contributed by atoms with Gasteiger partial charge in [0.15, 0.2) is 0 Å². The topological polar surface area (TPSA) is 157 Å². The highest BCUT2D eigenvalue weighted by Crippen LogP contribution is 2.45. The molecular formula is C42H48ClF3N6O7. The van der Waals surface area contributed by atoms with Crippen molar-refractivity contribution in [2.45, 2.75) is 96.5 Å². The molecular weight excluding hydrogens is 793 g/mol. The van der Waals surface area contributed by atoms with Gasteiger partial charge >= 0.3 is 12.3 Å². The number of hydrogen-bond donors (Lipinski definition) is 3. The van der Waals surface area contributed by atoms with Gasteiger partial charge in [0.05, 0.1) is 43.3 Å². The van der Waals surface area contributed by atoms with Crippen molar-refractivity contribution in [2.75, 3.05) is 27.3 Å². The molecule has 59 heavy (non-hydrogen) atoms. The van der Waals surface area contributed by atoms with Gasteiger partial charge in [0.1, 0.15) is 17.3 Å². The molecule has 13 nitrogen and oxygen atoms in total. The fourth-order valence-corrected chi connectivity index (χ4v) is 7.50. The number of pyridine rings is 3. The Morgan fingerprint density at radius 3 is 2.42 bits per heavy atom. The molecule has 2 aliphatic rings. The number of hydrogen-bond acceptors (Lipinski definition) is 11. The number of halogens is 4. The zero-order valence-electron chi connectivity index (χ0n) is 33.7. The number of carbonyl (C=O) groups excluding carboxylic acids is 2. The summed E-state index contributed by atoms with van der Waals surface area (Å²) in [5.74, 6) is -0.431. The van der Waals surface area contributed by atoms with Gasteiger partial charge in [0, 0.05) is 60.5 Å². The summed E-state index contributed by atoms with van der Waals surface area (Å²) in [7, 11) is 2.80. The van der Waals surface area contributed by atoms with Crippen LogP contribution in [0.2, 0.25) is 5.02 Å². The van der Waals surface area contributed by atoms with Gasteiger partial charge < -0.3 is 39.6 Å². The van der Waals surface area contributed by atoms with Crippen LogP contribution in [0.5, 0.6) is 17.6 Å². The normalized spacial score (nSPS) is 17.0. The summed E-state index contributed by atoms with van der Waals surface area (Å²) in [6.45, 7) is 7.41. The number of methoxy groups -OCH3 is 2. The Labute approximate surface area is 345 Å². The summed E-state index contributed by atoms with van der Waals surface area (Å²) in [5, 5.41) is 15.7. The number of aliphatic hydroxyl groups is 1. The second-order valence-corrected chi connectivity index (χ2v) is 15.9. The minimum Gasteiger partial charge on any atom is -0.481 e. The van der Waals surface area contributed by atoms with Crippen molar-refractivity contribution in [1.29, 1.82) is 0 Å². The summed E-state index contributed by atoms with van der Waals surface area (Å²) < 4.78 is 66.0. The van der Waals surface area contributed by atoms with E-state index in [1.807, 2.05) is 6.07 Å². The smallest absolute Gasteiger partial charge is 0.421 e. The molecule has 1 aliphatic carbocycles. The maximum Gasteiger partial charge on any atom is 0.421 e. The predicted molar refractivity (Wildman–Crippen MR) is 213 cm³/mol. The van der Waals surface area contributed by atoms with Crippen LogP contribution in [0.3, 0.4) is 0 Å². The number of nitrogens with one attached hydrogen (secondary N) is 2. The quantitative estimate of drug-likeness (QED) is 0.116. The van der Waals surface area contributed by atoms with Crippen LogP contribution < -0.4 is 24.8 Å². The van der Waals surface area contributed by atoms with Gasteiger partial charge in [-0.25, -0.2) is 9.78 Å². The molecule has 1 saturated heterocycles. The molecule has 4 heterocycles. The van der Waals surface area contributed by atoms with Gasteiger partial charge in [-0.2, -0.15) is 18.2 Å². The van der Waals surface area contributed by atoms with Crippen molar-refractivity contribution in [1.82, 2.24) is 30.5 Å². The van der Waals surface area contributed by atoms with Gasteiger partial charge in [-0.15, -0.1) is 0 Å². The molecule has 0 radical (unpaired) electrons. The molecule has 0 spiro atoms. The molecule has 0 bridgehead atoms. The zero-order chi connectivity index (χ0) is 42.6. The number of nitrogens with zero attached hydrogens (tertiary/aromatic N) is 4. The summed E-state index contributed by atoms with van der Waals surface area (Å²) in [6, 6.07) is 11.5. The first-order valence-corrected chi connectivity index (χ1v) is 19.6. The number of rotatable bonds is 14. The van der Waals surface area contributed by atoms with Crippen LogP contribution in [0, 0.1) is 0 Å². The Bertz CT molecular complexity index is 2180. The largest absolute Gasteiger partial charge is 0.481 e. The second-order valence-electron chi connectivity index (χ2n) is 15.6. The Morgan fingerprint density at radius 2 is 1.76 bits per heavy atom. The molecule has 1 fully saturated rings. The third-order valence-electron chi connectivity index (χ3n) is 9.84. The van der Waals surface area contributed by atoms with Crippen molar-refractivity contribution >= 4 is 23.6 Å². The number of alkyl halides is 3. The first-order valence-electron chi connectivity index (χ1n) is 19.2. The van der Waals surface area contributed by atoms with Crippen LogP contribution >= 0.6 is 11.6 Å². The predicted octanol–water partition coefficient (Wildman–Crippen LogP) is 7.45. The summed E-state index contributed by atoms with van der Waals surface area (Å²) >= 11 is 7.10. The van der Waals surface area contributed by atoms with Crippen LogP contribution in [0.4, 0.5) is 18.0 Å². The molecule has 316 valence electrons. The van der Waals surface area contributed by atoms with Crippen LogP contribution in [0.25, 0.3) is 22.5 Å². The summed E-state index contributed by atoms with van der Waals surface area (Å²) in [4.78, 5) is 40.3. The minimum absolute atomic E-state index is 0.00557. The van der Waals surface area contributed by atoms with Crippen molar-refractivity contribution in [3.05, 3.63) is 81.5 Å². The third-order valence-corrected chi connectivity index (χ3v) is 10.2. The van der Waals surface area contributed by atoms with E-state index in [1.165, 1.54) is 19.1 Å². The number of benzene rings is 1. The molecule has 3 N–H and O–H groups in total. The highest BCUT2D eigenvalue weighted by Gasteiger charge is 2.39. The van der Waals surface area contributed by atoms with E-state index in [-0.39, 0.29) is 55.5 Å². The number of carbonyl (C=O) groups is 2. The minimum atomic E-state index is -4.77. The number of fused-ring (bicyclic) bond motifs is 1. The molecule has 1 aromatic carbocycles. The standard InChI is InChI=1S/C42H48ClF3N6O7/c1-23(53)19-47-20-25-18-31(42(44,45)46)39(51-38(25)57-6)58-33-14-12-27-28(33)8-7-9-29(27)36-35(43)30(16-17-48-36)32-13-10-24(37(50-32)56-5)21-52(40(55)59-41(2,3)4)22-26-11-15-34(54)49-26/h7-10,13,16-18,23,26,33,47,53H,11-12,14-15,19-22H2,1-6H3,(H,49,54)/t23?,26-,33-/m0/s1. The van der Waals surface area contributed by atoms with Crippen molar-refractivity contribution in [2.24, 2.45) is 0 Å². The van der Waals surface area contributed by atoms with Gasteiger partial charge in [0.2, 0.25) is 23.5 Å². The van der Waals surface area contributed by atoms with Crippen molar-refractivity contribution < 1.29 is 46.8 Å². The van der Waals surface area contributed by atoms with E-state index in [2.05, 4.69) is 20.6 Å². The highest BCUT2D eigenvalue weighted by atomic mass is 35.5. The van der Waals surface area contributed by atoms with Gasteiger partial charge in [-0.3, -0.25) is 9.78 Å². The van der Waals surface area contributed by atoms with Crippen LogP contribution in [0.1, 0.15) is 80.9 Å². The molecule has 1 aliphatic heterocycles. The van der Waals surface area contributed by atoms with Crippen LogP contribution in [-0.2, 0) is 35.2 Å². The van der Waals surface area contributed by atoms with Crippen LogP contribution in [-0.4, -0.2) is 82.0 Å². The van der Waals surface area contributed by atoms with E-state index in [0.29, 0.717) is 64.3 Å². The average Bonchev–Trinajstić information content (AvgIpc) is 3.79. The van der Waals surface area contributed by atoms with Crippen molar-refractivity contribution in [3.63, 3.8) is 0 Å². The van der Waals surface area contributed by atoms with Gasteiger partial charge in [-0.05, 0) is 82.3 Å². The maximum absolute atomic E-state index is 14.4. The van der Waals surface area contributed by atoms with Gasteiger partial charge in [0.25, 0.3) is 0 Å². The monoisotopic (exact) mass is 840 g/mol. The molecule has 2 amide bonds. The van der Waals surface area contributed by atoms with E-state index >= 15 is 0 Å². The first-order chi connectivity index (χ1) is 27.9. The van der Waals surface area contributed by atoms with E-state index in [0.717, 1.165) is 11.6 Å². The number of amides is 2. The molecule has 3 atom stereocenters. The zero-order valence-corrected chi connectivity index (χ0v) is 34.5. The lowest BCUT2D eigenvalue weighted by atomic mass is 9.98. The number of aromatic nitrogens is 3. The van der Waals surface area contributed by atoms with E-state index in [9.17, 15) is 27.9 Å². The molecule has 0 saturated carbocycles. The summed E-state index contributed by atoms with van der Waals surface area (Å²) in [6.07, 6.45) is -3.33. The Morgan fingerprint density at radius 1 is 1.02 bits per heavy atom. The highest BCUT2D eigenvalue weighted by molar-refractivity contribution is 6.35. The lowest BCUT2D eigenvalue weighted by Crippen LogP contribution is -2.43. The second kappa shape index (κ2) is 18.0. The van der Waals surface area contributed by atoms with Crippen molar-refractivity contribution in [3.8, 4) is 40.2 Å². The average molecular weight is 841 g/mol. The maximum atomic E-state index is 14.4. The molecule has 17 heteroatoms. The number of aliphatic hydroxyl groups excluding tert-OH is 1. The molecule has 3 aromatic heterocycles. The fraction of sp³-hybridized carbons (Fsp3) is 0.452. The fourth-order valence-electron chi connectivity index (χ4n) is 7.19. The lowest BCUT2D eigenvalue weighted by Gasteiger charge is -2.29. The Kier molecular flexibility index (Phi) is 13.2. The van der Waals surface area contributed by atoms with Crippen LogP contribution in [0.15, 0.2) is 48.7 Å². The SMILES string of the molecule is COc1nc(-c2ccnc(-c3cccc4c3CC[C@@H]4Oc3nc(OC)c(CNCC(C)O)cc3C(F)(F)F)c2Cl)ccc1CN(C[C@@H]1CCC(=O)N1)C(=O)OC(C)(C)C. The Hall–Kier alpha value is -5.19. The molecule has 4 aromatic rings. The first kappa shape index (κ1) is 43.4. The lowest BCUT2D eigenvalue weighted by molar-refractivity contribution is -0.139. The van der Waals surface area contributed by atoms with E-state index in [1.54, 1.807) is 64.2 Å². The third kappa shape index (κ3) is 10.3. The van der Waals surface area contributed by atoms with Gasteiger partial charge in [-0.1, -0.05) is 29.8 Å². The van der Waals surface area contributed by atoms with E-state index < -0.39 is 41.5 Å². The Balaban J connectivity index is 1.27. The molecule has 1 unspecified atom stereocenters.